The SMILES string of the molecule is C[C@H](C1CCN(c2nc(CO)cs2)CC1)N1CCCC1. The van der Waals surface area contributed by atoms with E-state index in [4.69, 9.17) is 5.11 Å². The Morgan fingerprint density at radius 3 is 2.60 bits per heavy atom. The van der Waals surface area contributed by atoms with Gasteiger partial charge in [0.15, 0.2) is 5.13 Å². The zero-order valence-corrected chi connectivity index (χ0v) is 13.1. The molecule has 20 heavy (non-hydrogen) atoms. The Kier molecular flexibility index (Phi) is 4.58. The maximum atomic E-state index is 9.11. The summed E-state index contributed by atoms with van der Waals surface area (Å²) in [5, 5.41) is 12.2. The number of aliphatic hydroxyl groups is 1. The van der Waals surface area contributed by atoms with Gasteiger partial charge in [0.05, 0.1) is 12.3 Å². The van der Waals surface area contributed by atoms with E-state index in [1.807, 2.05) is 5.38 Å². The summed E-state index contributed by atoms with van der Waals surface area (Å²) in [6, 6.07) is 0.740. The number of rotatable bonds is 4. The maximum absolute atomic E-state index is 9.11. The lowest BCUT2D eigenvalue weighted by molar-refractivity contribution is 0.168. The van der Waals surface area contributed by atoms with Crippen molar-refractivity contribution in [2.75, 3.05) is 31.1 Å². The van der Waals surface area contributed by atoms with Crippen LogP contribution < -0.4 is 4.90 Å². The number of thiazole rings is 1. The zero-order chi connectivity index (χ0) is 13.9. The first-order valence-electron chi connectivity index (χ1n) is 7.82. The molecule has 0 unspecified atom stereocenters. The van der Waals surface area contributed by atoms with E-state index in [9.17, 15) is 0 Å². The second kappa shape index (κ2) is 6.41. The Morgan fingerprint density at radius 1 is 1.30 bits per heavy atom. The molecule has 0 bridgehead atoms. The lowest BCUT2D eigenvalue weighted by atomic mass is 9.89. The molecule has 1 aromatic rings. The van der Waals surface area contributed by atoms with E-state index in [-0.39, 0.29) is 6.61 Å². The van der Waals surface area contributed by atoms with Gasteiger partial charge in [-0.3, -0.25) is 0 Å². The molecule has 4 nitrogen and oxygen atoms in total. The smallest absolute Gasteiger partial charge is 0.185 e. The minimum Gasteiger partial charge on any atom is -0.390 e. The van der Waals surface area contributed by atoms with E-state index in [0.29, 0.717) is 0 Å². The van der Waals surface area contributed by atoms with Gasteiger partial charge in [0.25, 0.3) is 0 Å². The van der Waals surface area contributed by atoms with E-state index in [1.54, 1.807) is 11.3 Å². The highest BCUT2D eigenvalue weighted by molar-refractivity contribution is 7.13. The molecule has 0 spiro atoms. The Hall–Kier alpha value is -0.650. The summed E-state index contributed by atoms with van der Waals surface area (Å²) in [5.74, 6) is 0.835. The molecule has 2 fully saturated rings. The zero-order valence-electron chi connectivity index (χ0n) is 12.3. The van der Waals surface area contributed by atoms with Gasteiger partial charge in [0.1, 0.15) is 0 Å². The van der Waals surface area contributed by atoms with Gasteiger partial charge in [0.2, 0.25) is 0 Å². The molecule has 112 valence electrons. The topological polar surface area (TPSA) is 39.6 Å². The van der Waals surface area contributed by atoms with Crippen LogP contribution in [0, 0.1) is 5.92 Å². The lowest BCUT2D eigenvalue weighted by Crippen LogP contribution is -2.43. The number of anilines is 1. The maximum Gasteiger partial charge on any atom is 0.185 e. The van der Waals surface area contributed by atoms with E-state index in [1.165, 1.54) is 38.8 Å². The van der Waals surface area contributed by atoms with Crippen LogP contribution in [0.4, 0.5) is 5.13 Å². The quantitative estimate of drug-likeness (QED) is 0.925. The lowest BCUT2D eigenvalue weighted by Gasteiger charge is -2.38. The van der Waals surface area contributed by atoms with Crippen molar-refractivity contribution in [3.05, 3.63) is 11.1 Å². The molecule has 0 amide bonds. The monoisotopic (exact) mass is 295 g/mol. The highest BCUT2D eigenvalue weighted by Crippen LogP contribution is 2.30. The van der Waals surface area contributed by atoms with Crippen molar-refractivity contribution >= 4 is 16.5 Å². The van der Waals surface area contributed by atoms with Crippen molar-refractivity contribution in [1.82, 2.24) is 9.88 Å². The van der Waals surface area contributed by atoms with Crippen molar-refractivity contribution in [3.63, 3.8) is 0 Å². The standard InChI is InChI=1S/C15H25N3OS/c1-12(17-6-2-3-7-17)13-4-8-18(9-5-13)15-16-14(10-19)11-20-15/h11-13,19H,2-10H2,1H3/t12-/m1/s1. The van der Waals surface area contributed by atoms with Crippen molar-refractivity contribution in [2.45, 2.75) is 45.3 Å². The minimum absolute atomic E-state index is 0.0545. The third-order valence-corrected chi connectivity index (χ3v) is 5.86. The summed E-state index contributed by atoms with van der Waals surface area (Å²) in [5.41, 5.74) is 0.803. The Labute approximate surface area is 125 Å². The van der Waals surface area contributed by atoms with Crippen molar-refractivity contribution < 1.29 is 5.11 Å². The molecular formula is C15H25N3OS. The number of hydrogen-bond donors (Lipinski definition) is 1. The van der Waals surface area contributed by atoms with Gasteiger partial charge < -0.3 is 14.9 Å². The van der Waals surface area contributed by atoms with Crippen LogP contribution in [0.5, 0.6) is 0 Å². The molecule has 0 radical (unpaired) electrons. The normalized spacial score (nSPS) is 23.4. The van der Waals surface area contributed by atoms with Crippen molar-refractivity contribution in [3.8, 4) is 0 Å². The summed E-state index contributed by atoms with van der Waals surface area (Å²) in [4.78, 5) is 9.54. The molecule has 2 saturated heterocycles. The number of aromatic nitrogens is 1. The van der Waals surface area contributed by atoms with Crippen LogP contribution in [0.15, 0.2) is 5.38 Å². The second-order valence-electron chi connectivity index (χ2n) is 6.09. The Morgan fingerprint density at radius 2 is 2.00 bits per heavy atom. The van der Waals surface area contributed by atoms with Gasteiger partial charge in [-0.15, -0.1) is 11.3 Å². The third-order valence-electron chi connectivity index (χ3n) is 4.91. The molecule has 1 N–H and O–H groups in total. The summed E-state index contributed by atoms with van der Waals surface area (Å²) < 4.78 is 0. The molecule has 0 aliphatic carbocycles. The Balaban J connectivity index is 1.53. The number of piperidine rings is 1. The summed E-state index contributed by atoms with van der Waals surface area (Å²) in [6.45, 7) is 7.29. The van der Waals surface area contributed by atoms with Crippen LogP contribution in [0.2, 0.25) is 0 Å². The average molecular weight is 295 g/mol. The predicted molar refractivity (Wildman–Crippen MR) is 83.2 cm³/mol. The Bertz CT molecular complexity index is 423. The van der Waals surface area contributed by atoms with E-state index < -0.39 is 0 Å². The number of aliphatic hydroxyl groups excluding tert-OH is 1. The van der Waals surface area contributed by atoms with E-state index in [2.05, 4.69) is 21.7 Å². The molecule has 5 heteroatoms. The second-order valence-corrected chi connectivity index (χ2v) is 6.92. The molecule has 3 rings (SSSR count). The summed E-state index contributed by atoms with van der Waals surface area (Å²) >= 11 is 1.66. The van der Waals surface area contributed by atoms with Crippen LogP contribution in [0.1, 0.15) is 38.3 Å². The highest BCUT2D eigenvalue weighted by atomic mass is 32.1. The molecular weight excluding hydrogens is 270 g/mol. The van der Waals surface area contributed by atoms with Gasteiger partial charge in [-0.1, -0.05) is 0 Å². The number of hydrogen-bond acceptors (Lipinski definition) is 5. The van der Waals surface area contributed by atoms with E-state index >= 15 is 0 Å². The summed E-state index contributed by atoms with van der Waals surface area (Å²) in [7, 11) is 0. The van der Waals surface area contributed by atoms with Crippen LogP contribution in [-0.4, -0.2) is 47.2 Å². The molecule has 2 aliphatic rings. The molecule has 1 atom stereocenters. The van der Waals surface area contributed by atoms with Crippen LogP contribution in [0.25, 0.3) is 0 Å². The van der Waals surface area contributed by atoms with Gasteiger partial charge in [-0.05, 0) is 51.6 Å². The fourth-order valence-corrected chi connectivity index (χ4v) is 4.40. The highest BCUT2D eigenvalue weighted by Gasteiger charge is 2.29. The average Bonchev–Trinajstić information content (AvgIpc) is 3.18. The first kappa shape index (κ1) is 14.3. The number of nitrogens with zero attached hydrogens (tertiary/aromatic N) is 3. The summed E-state index contributed by atoms with van der Waals surface area (Å²) in [6.07, 6.45) is 5.30. The number of likely N-dealkylation sites (tertiary alicyclic amines) is 1. The van der Waals surface area contributed by atoms with Crippen LogP contribution in [0.3, 0.4) is 0 Å². The van der Waals surface area contributed by atoms with Crippen molar-refractivity contribution in [1.29, 1.82) is 0 Å². The van der Waals surface area contributed by atoms with Gasteiger partial charge in [-0.2, -0.15) is 0 Å². The molecule has 0 saturated carbocycles. The van der Waals surface area contributed by atoms with Crippen molar-refractivity contribution in [2.24, 2.45) is 5.92 Å². The van der Waals surface area contributed by atoms with Gasteiger partial charge >= 0.3 is 0 Å². The third kappa shape index (κ3) is 3.00. The first-order valence-corrected chi connectivity index (χ1v) is 8.70. The molecule has 0 aromatic carbocycles. The first-order chi connectivity index (χ1) is 9.78. The largest absolute Gasteiger partial charge is 0.390 e. The van der Waals surface area contributed by atoms with Crippen LogP contribution in [-0.2, 0) is 6.61 Å². The predicted octanol–water partition coefficient (Wildman–Crippen LogP) is 2.34. The van der Waals surface area contributed by atoms with Crippen LogP contribution >= 0.6 is 11.3 Å². The minimum atomic E-state index is 0.0545. The van der Waals surface area contributed by atoms with Gasteiger partial charge in [0, 0.05) is 24.5 Å². The molecule has 2 aliphatic heterocycles. The van der Waals surface area contributed by atoms with E-state index in [0.717, 1.165) is 35.9 Å². The molecule has 3 heterocycles. The molecule has 1 aromatic heterocycles. The fourth-order valence-electron chi connectivity index (χ4n) is 3.53. The van der Waals surface area contributed by atoms with Gasteiger partial charge in [-0.25, -0.2) is 4.98 Å². The fraction of sp³-hybridized carbons (Fsp3) is 0.800.